The van der Waals surface area contributed by atoms with Crippen LogP contribution in [0.5, 0.6) is 0 Å². The number of carbonyl (C=O) groups is 1. The van der Waals surface area contributed by atoms with Crippen molar-refractivity contribution in [2.24, 2.45) is 0 Å². The Morgan fingerprint density at radius 1 is 1.29 bits per heavy atom. The highest BCUT2D eigenvalue weighted by Crippen LogP contribution is 2.36. The molecule has 0 radical (unpaired) electrons. The second-order valence-electron chi connectivity index (χ2n) is 3.74. The predicted octanol–water partition coefficient (Wildman–Crippen LogP) is 3.30. The third-order valence-corrected chi connectivity index (χ3v) is 3.48. The number of hydrogen-bond acceptors (Lipinski definition) is 1. The van der Waals surface area contributed by atoms with Crippen molar-refractivity contribution in [2.75, 3.05) is 0 Å². The Balaban J connectivity index is 2.41. The number of rotatable bonds is 0. The summed E-state index contributed by atoms with van der Waals surface area (Å²) in [6, 6.07) is 2.45. The molecule has 0 bridgehead atoms. The zero-order chi connectivity index (χ0) is 12.8. The van der Waals surface area contributed by atoms with E-state index in [4.69, 9.17) is 5.11 Å². The molecule has 92 valence electrons. The SMILES string of the molecule is O=C(O)N1Cc2cc(I)c(C(F)(F)F)cc2C1. The van der Waals surface area contributed by atoms with E-state index in [1.54, 1.807) is 22.6 Å². The maximum atomic E-state index is 12.6. The second-order valence-corrected chi connectivity index (χ2v) is 4.90. The van der Waals surface area contributed by atoms with Crippen molar-refractivity contribution in [1.82, 2.24) is 4.90 Å². The Kier molecular flexibility index (Phi) is 2.96. The van der Waals surface area contributed by atoms with Crippen LogP contribution in [0.15, 0.2) is 12.1 Å². The molecule has 1 aliphatic heterocycles. The molecule has 3 nitrogen and oxygen atoms in total. The van der Waals surface area contributed by atoms with Gasteiger partial charge in [-0.25, -0.2) is 4.79 Å². The van der Waals surface area contributed by atoms with E-state index in [0.717, 1.165) is 11.0 Å². The molecule has 17 heavy (non-hydrogen) atoms. The van der Waals surface area contributed by atoms with Crippen molar-refractivity contribution in [3.63, 3.8) is 0 Å². The number of carboxylic acid groups (broad SMARTS) is 1. The fraction of sp³-hybridized carbons (Fsp3) is 0.300. The third kappa shape index (κ3) is 2.33. The molecule has 1 aliphatic rings. The second kappa shape index (κ2) is 4.04. The fourth-order valence-corrected chi connectivity index (χ4v) is 2.61. The molecule has 1 heterocycles. The Morgan fingerprint density at radius 2 is 1.82 bits per heavy atom. The van der Waals surface area contributed by atoms with Gasteiger partial charge >= 0.3 is 12.3 Å². The van der Waals surface area contributed by atoms with Crippen LogP contribution in [0.4, 0.5) is 18.0 Å². The quantitative estimate of drug-likeness (QED) is 0.724. The van der Waals surface area contributed by atoms with Crippen LogP contribution >= 0.6 is 22.6 Å². The predicted molar refractivity (Wildman–Crippen MR) is 61.4 cm³/mol. The largest absolute Gasteiger partial charge is 0.465 e. The van der Waals surface area contributed by atoms with Crippen molar-refractivity contribution in [3.05, 3.63) is 32.4 Å². The van der Waals surface area contributed by atoms with Gasteiger partial charge in [0.05, 0.1) is 5.56 Å². The standard InChI is InChI=1S/C10H7F3INO2/c11-10(12,13)7-1-5-3-15(9(16)17)4-6(5)2-8(7)14/h1-2H,3-4H2,(H,16,17). The molecular weight excluding hydrogens is 350 g/mol. The van der Waals surface area contributed by atoms with Gasteiger partial charge in [-0.2, -0.15) is 13.2 Å². The van der Waals surface area contributed by atoms with E-state index in [9.17, 15) is 18.0 Å². The lowest BCUT2D eigenvalue weighted by atomic mass is 10.1. The maximum Gasteiger partial charge on any atom is 0.417 e. The van der Waals surface area contributed by atoms with Gasteiger partial charge in [0.25, 0.3) is 0 Å². The molecule has 7 heteroatoms. The number of hydrogen-bond donors (Lipinski definition) is 1. The molecule has 1 amide bonds. The van der Waals surface area contributed by atoms with Crippen LogP contribution in [0.1, 0.15) is 16.7 Å². The van der Waals surface area contributed by atoms with Gasteiger partial charge in [-0.05, 0) is 45.9 Å². The summed E-state index contributed by atoms with van der Waals surface area (Å²) in [5.74, 6) is 0. The van der Waals surface area contributed by atoms with Crippen LogP contribution in [0.25, 0.3) is 0 Å². The summed E-state index contributed by atoms with van der Waals surface area (Å²) in [6.07, 6.45) is -5.52. The van der Waals surface area contributed by atoms with E-state index in [-0.39, 0.29) is 16.7 Å². The lowest BCUT2D eigenvalue weighted by Gasteiger charge is -2.10. The number of amides is 1. The van der Waals surface area contributed by atoms with Crippen LogP contribution in [-0.4, -0.2) is 16.1 Å². The molecule has 2 rings (SSSR count). The van der Waals surface area contributed by atoms with Gasteiger partial charge in [-0.15, -0.1) is 0 Å². The van der Waals surface area contributed by atoms with Gasteiger partial charge in [0.1, 0.15) is 0 Å². The monoisotopic (exact) mass is 357 g/mol. The summed E-state index contributed by atoms with van der Waals surface area (Å²) in [6.45, 7) is 0.170. The molecule has 1 aromatic rings. The van der Waals surface area contributed by atoms with Crippen LogP contribution in [-0.2, 0) is 19.3 Å². The number of fused-ring (bicyclic) bond motifs is 1. The fourth-order valence-electron chi connectivity index (χ4n) is 1.77. The molecule has 1 aromatic carbocycles. The van der Waals surface area contributed by atoms with E-state index in [2.05, 4.69) is 0 Å². The van der Waals surface area contributed by atoms with Crippen molar-refractivity contribution >= 4 is 28.7 Å². The zero-order valence-electron chi connectivity index (χ0n) is 8.38. The summed E-state index contributed by atoms with van der Waals surface area (Å²) in [7, 11) is 0. The Bertz CT molecular complexity index is 487. The normalized spacial score (nSPS) is 14.9. The molecule has 0 aromatic heterocycles. The van der Waals surface area contributed by atoms with Gasteiger partial charge in [0, 0.05) is 16.7 Å². The van der Waals surface area contributed by atoms with E-state index >= 15 is 0 Å². The summed E-state index contributed by atoms with van der Waals surface area (Å²) < 4.78 is 38.0. The van der Waals surface area contributed by atoms with Crippen LogP contribution in [0, 0.1) is 3.57 Å². The molecule has 0 atom stereocenters. The topological polar surface area (TPSA) is 40.5 Å². The van der Waals surface area contributed by atoms with Gasteiger partial charge in [-0.3, -0.25) is 4.90 Å². The minimum Gasteiger partial charge on any atom is -0.465 e. The average molecular weight is 357 g/mol. The first-order valence-corrected chi connectivity index (χ1v) is 5.73. The van der Waals surface area contributed by atoms with E-state index in [1.807, 2.05) is 0 Å². The van der Waals surface area contributed by atoms with E-state index in [0.29, 0.717) is 11.1 Å². The summed E-state index contributed by atoms with van der Waals surface area (Å²) >= 11 is 1.62. The highest BCUT2D eigenvalue weighted by molar-refractivity contribution is 14.1. The van der Waals surface area contributed by atoms with Crippen LogP contribution < -0.4 is 0 Å². The number of nitrogens with zero attached hydrogens (tertiary/aromatic N) is 1. The first-order valence-electron chi connectivity index (χ1n) is 4.65. The highest BCUT2D eigenvalue weighted by atomic mass is 127. The van der Waals surface area contributed by atoms with Crippen molar-refractivity contribution in [2.45, 2.75) is 19.3 Å². The molecule has 0 spiro atoms. The van der Waals surface area contributed by atoms with Crippen molar-refractivity contribution < 1.29 is 23.1 Å². The molecule has 0 aliphatic carbocycles. The first kappa shape index (κ1) is 12.5. The summed E-state index contributed by atoms with van der Waals surface area (Å²) in [5, 5.41) is 8.79. The molecule has 0 unspecified atom stereocenters. The average Bonchev–Trinajstić information content (AvgIpc) is 2.57. The highest BCUT2D eigenvalue weighted by Gasteiger charge is 2.35. The minimum atomic E-state index is -4.40. The maximum absolute atomic E-state index is 12.6. The number of alkyl halides is 3. The van der Waals surface area contributed by atoms with Gasteiger partial charge in [-0.1, -0.05) is 0 Å². The summed E-state index contributed by atoms with van der Waals surface area (Å²) in [4.78, 5) is 11.8. The van der Waals surface area contributed by atoms with E-state index < -0.39 is 17.8 Å². The van der Waals surface area contributed by atoms with Gasteiger partial charge in [0.15, 0.2) is 0 Å². The van der Waals surface area contributed by atoms with Crippen molar-refractivity contribution in [1.29, 1.82) is 0 Å². The lowest BCUT2D eigenvalue weighted by Crippen LogP contribution is -2.22. The van der Waals surface area contributed by atoms with Crippen molar-refractivity contribution in [3.8, 4) is 0 Å². The Hall–Kier alpha value is -0.990. The molecule has 0 saturated carbocycles. The zero-order valence-corrected chi connectivity index (χ0v) is 10.5. The third-order valence-electron chi connectivity index (χ3n) is 2.59. The molecule has 0 fully saturated rings. The molecule has 1 N–H and O–H groups in total. The van der Waals surface area contributed by atoms with Gasteiger partial charge < -0.3 is 5.11 Å². The van der Waals surface area contributed by atoms with Gasteiger partial charge in [0.2, 0.25) is 0 Å². The Labute approximate surface area is 108 Å². The van der Waals surface area contributed by atoms with E-state index in [1.165, 1.54) is 6.07 Å². The van der Waals surface area contributed by atoms with Crippen LogP contribution in [0.2, 0.25) is 0 Å². The molecule has 0 saturated heterocycles. The smallest absolute Gasteiger partial charge is 0.417 e. The van der Waals surface area contributed by atoms with Crippen LogP contribution in [0.3, 0.4) is 0 Å². The molecular formula is C10H7F3INO2. The summed E-state index contributed by atoms with van der Waals surface area (Å²) in [5.41, 5.74) is 0.369. The number of halogens is 4. The minimum absolute atomic E-state index is 0.0185. The Morgan fingerprint density at radius 3 is 2.29 bits per heavy atom. The number of benzene rings is 1. The lowest BCUT2D eigenvalue weighted by molar-refractivity contribution is -0.138. The first-order chi connectivity index (χ1) is 7.79.